The van der Waals surface area contributed by atoms with Gasteiger partial charge >= 0.3 is 0 Å². The lowest BCUT2D eigenvalue weighted by atomic mass is 9.99. The first kappa shape index (κ1) is 12.2. The molecule has 1 aromatic heterocycles. The number of benzene rings is 1. The highest BCUT2D eigenvalue weighted by Crippen LogP contribution is 2.28. The number of aromatic nitrogens is 1. The van der Waals surface area contributed by atoms with E-state index in [4.69, 9.17) is 1.37 Å². The van der Waals surface area contributed by atoms with Gasteiger partial charge in [-0.05, 0) is 24.6 Å². The van der Waals surface area contributed by atoms with Gasteiger partial charge in [0.2, 0.25) is 0 Å². The molecule has 2 fully saturated rings. The minimum absolute atomic E-state index is 0.154. The fraction of sp³-hybridized carbons (Fsp3) is 0.267. The van der Waals surface area contributed by atoms with E-state index in [2.05, 4.69) is 22.2 Å². The minimum Gasteiger partial charge on any atom is -0.356 e. The topological polar surface area (TPSA) is 74.3 Å². The molecule has 7 heteroatoms. The molecule has 112 valence electrons. The predicted octanol–water partition coefficient (Wildman–Crippen LogP) is 1.07. The molecule has 22 heavy (non-hydrogen) atoms. The van der Waals surface area contributed by atoms with Gasteiger partial charge in [0, 0.05) is 12.1 Å². The Kier molecular flexibility index (Phi) is 2.51. The first-order valence-electron chi connectivity index (χ1n) is 7.40. The third-order valence-corrected chi connectivity index (χ3v) is 4.93. The summed E-state index contributed by atoms with van der Waals surface area (Å²) in [6, 6.07) is 3.50. The van der Waals surface area contributed by atoms with Crippen molar-refractivity contribution in [2.75, 3.05) is 13.1 Å². The van der Waals surface area contributed by atoms with Gasteiger partial charge < -0.3 is 15.5 Å². The van der Waals surface area contributed by atoms with Crippen molar-refractivity contribution in [3.63, 3.8) is 0 Å². The van der Waals surface area contributed by atoms with E-state index in [-0.39, 0.29) is 24.4 Å². The molecule has 0 saturated carbocycles. The molecule has 0 bridgehead atoms. The largest absolute Gasteiger partial charge is 0.356 e. The number of hydrogen-bond acceptors (Lipinski definition) is 5. The normalized spacial score (nSPS) is 24.7. The second kappa shape index (κ2) is 4.54. The van der Waals surface area contributed by atoms with E-state index in [1.165, 1.54) is 11.3 Å². The monoisotopic (exact) mass is 316 g/mol. The van der Waals surface area contributed by atoms with E-state index < -0.39 is 5.54 Å². The molecule has 6 nitrogen and oxygen atoms in total. The van der Waals surface area contributed by atoms with Crippen LogP contribution < -0.4 is 10.6 Å². The second-order valence-electron chi connectivity index (χ2n) is 5.57. The zero-order valence-electron chi connectivity index (χ0n) is 12.7. The van der Waals surface area contributed by atoms with Gasteiger partial charge in [-0.3, -0.25) is 9.59 Å². The Morgan fingerprint density at radius 3 is 3.23 bits per heavy atom. The van der Waals surface area contributed by atoms with E-state index in [1.54, 1.807) is 22.5 Å². The molecule has 0 aliphatic carbocycles. The molecule has 3 heterocycles. The first-order valence-corrected chi connectivity index (χ1v) is 7.78. The molecule has 4 rings (SSSR count). The lowest BCUT2D eigenvalue weighted by Crippen LogP contribution is -2.49. The second-order valence-corrected chi connectivity index (χ2v) is 6.45. The predicted molar refractivity (Wildman–Crippen MR) is 83.3 cm³/mol. The van der Waals surface area contributed by atoms with Gasteiger partial charge in [0.05, 0.1) is 29.5 Å². The molecule has 1 spiro atoms. The Balaban J connectivity index is 1.63. The van der Waals surface area contributed by atoms with Crippen molar-refractivity contribution < 1.29 is 11.0 Å². The summed E-state index contributed by atoms with van der Waals surface area (Å²) in [5.74, 6) is 0.0714. The molecule has 2 aliphatic heterocycles. The molecule has 2 aromatic rings. The van der Waals surface area contributed by atoms with Gasteiger partial charge in [0.15, 0.2) is 0 Å². The van der Waals surface area contributed by atoms with Crippen LogP contribution in [0.25, 0.3) is 10.2 Å². The lowest BCUT2D eigenvalue weighted by molar-refractivity contribution is -0.123. The summed E-state index contributed by atoms with van der Waals surface area (Å²) in [5.41, 5.74) is 1.94. The van der Waals surface area contributed by atoms with Gasteiger partial charge in [0.1, 0.15) is 5.54 Å². The average Bonchev–Trinajstić information content (AvgIpc) is 3.18. The lowest BCUT2D eigenvalue weighted by Gasteiger charge is -2.21. The van der Waals surface area contributed by atoms with E-state index in [1.807, 2.05) is 0 Å². The summed E-state index contributed by atoms with van der Waals surface area (Å²) in [6.45, 7) is 4.44. The van der Waals surface area contributed by atoms with Crippen molar-refractivity contribution >= 4 is 33.4 Å². The summed E-state index contributed by atoms with van der Waals surface area (Å²) < 4.78 is 8.97. The van der Waals surface area contributed by atoms with Crippen LogP contribution >= 0.6 is 11.3 Å². The maximum absolute atomic E-state index is 12.8. The standard InChI is InChI=1S/C15H14N4O2S/c1-9-17-14(21)15(18-9)4-5-19(7-15)13(20)10-2-3-12-11(6-10)16-8-22-12/h2-3,6,8,18H,1,4-5,7H2,(H,17,21)/i2T. The van der Waals surface area contributed by atoms with Gasteiger partial charge in [-0.1, -0.05) is 6.58 Å². The number of fused-ring (bicyclic) bond motifs is 1. The van der Waals surface area contributed by atoms with E-state index in [9.17, 15) is 9.59 Å². The van der Waals surface area contributed by atoms with Crippen LogP contribution in [0.15, 0.2) is 36.1 Å². The Hall–Kier alpha value is -2.41. The third-order valence-electron chi connectivity index (χ3n) is 4.14. The van der Waals surface area contributed by atoms with Crippen LogP contribution in [-0.4, -0.2) is 40.3 Å². The highest BCUT2D eigenvalue weighted by molar-refractivity contribution is 7.16. The summed E-state index contributed by atoms with van der Waals surface area (Å²) in [6.07, 6.45) is 0.524. The molecule has 1 aromatic carbocycles. The Morgan fingerprint density at radius 1 is 1.59 bits per heavy atom. The number of thiazole rings is 1. The highest BCUT2D eigenvalue weighted by atomic mass is 32.1. The number of nitrogens with zero attached hydrogens (tertiary/aromatic N) is 2. The number of nitrogens with one attached hydrogen (secondary N) is 2. The number of likely N-dealkylation sites (tertiary alicyclic amines) is 1. The molecular formula is C15H14N4O2S. The van der Waals surface area contributed by atoms with Gasteiger partial charge in [0.25, 0.3) is 11.8 Å². The van der Waals surface area contributed by atoms with Gasteiger partial charge in [-0.15, -0.1) is 11.3 Å². The Morgan fingerprint density at radius 2 is 2.45 bits per heavy atom. The van der Waals surface area contributed by atoms with Crippen LogP contribution in [0.4, 0.5) is 0 Å². The molecule has 2 amide bonds. The number of rotatable bonds is 1. The fourth-order valence-electron chi connectivity index (χ4n) is 3.00. The van der Waals surface area contributed by atoms with E-state index in [0.717, 1.165) is 4.70 Å². The van der Waals surface area contributed by atoms with Crippen molar-refractivity contribution in [3.05, 3.63) is 41.6 Å². The van der Waals surface area contributed by atoms with Crippen LogP contribution in [0.5, 0.6) is 0 Å². The zero-order chi connectivity index (χ0) is 16.2. The quantitative estimate of drug-likeness (QED) is 0.825. The smallest absolute Gasteiger partial charge is 0.254 e. The van der Waals surface area contributed by atoms with E-state index in [0.29, 0.717) is 29.9 Å². The molecule has 2 aliphatic rings. The van der Waals surface area contributed by atoms with Crippen LogP contribution in [0, 0.1) is 0 Å². The Bertz CT molecular complexity index is 864. The van der Waals surface area contributed by atoms with Crippen molar-refractivity contribution in [3.8, 4) is 0 Å². The number of carbonyl (C=O) groups excluding carboxylic acids is 2. The van der Waals surface area contributed by atoms with Crippen molar-refractivity contribution in [2.24, 2.45) is 0 Å². The molecular weight excluding hydrogens is 300 g/mol. The van der Waals surface area contributed by atoms with Gasteiger partial charge in [-0.25, -0.2) is 4.98 Å². The van der Waals surface area contributed by atoms with E-state index >= 15 is 0 Å². The fourth-order valence-corrected chi connectivity index (χ4v) is 3.64. The molecule has 2 N–H and O–H groups in total. The summed E-state index contributed by atoms with van der Waals surface area (Å²) in [5, 5.41) is 5.70. The van der Waals surface area contributed by atoms with Gasteiger partial charge in [-0.2, -0.15) is 0 Å². The Labute approximate surface area is 132 Å². The summed E-state index contributed by atoms with van der Waals surface area (Å²) in [4.78, 5) is 30.7. The van der Waals surface area contributed by atoms with Crippen molar-refractivity contribution in [1.29, 1.82) is 0 Å². The summed E-state index contributed by atoms with van der Waals surface area (Å²) >= 11 is 1.44. The third kappa shape index (κ3) is 1.89. The number of amides is 2. The van der Waals surface area contributed by atoms with Crippen molar-refractivity contribution in [2.45, 2.75) is 12.0 Å². The molecule has 1 atom stereocenters. The van der Waals surface area contributed by atoms with Crippen LogP contribution in [0.1, 0.15) is 18.1 Å². The first-order chi connectivity index (χ1) is 11.0. The summed E-state index contributed by atoms with van der Waals surface area (Å²) in [7, 11) is 0. The highest BCUT2D eigenvalue weighted by Gasteiger charge is 2.49. The minimum atomic E-state index is -0.792. The van der Waals surface area contributed by atoms with Crippen molar-refractivity contribution in [1.82, 2.24) is 20.5 Å². The maximum Gasteiger partial charge on any atom is 0.254 e. The average molecular weight is 316 g/mol. The van der Waals surface area contributed by atoms with Crippen LogP contribution in [-0.2, 0) is 4.79 Å². The van der Waals surface area contributed by atoms with Crippen LogP contribution in [0.2, 0.25) is 0 Å². The van der Waals surface area contributed by atoms with Crippen LogP contribution in [0.3, 0.4) is 0 Å². The zero-order valence-corrected chi connectivity index (χ0v) is 12.5. The maximum atomic E-state index is 12.8. The SMILES string of the molecule is [3H]c1cc2scnc2cc1C(=O)N1CCC2(C1)NC(=C)NC2=O. The molecule has 0 radical (unpaired) electrons. The molecule has 1 unspecified atom stereocenters. The molecule has 2 saturated heterocycles. The number of carbonyl (C=O) groups is 2. The number of hydrogen-bond donors (Lipinski definition) is 2.